The van der Waals surface area contributed by atoms with Crippen LogP contribution in [0.25, 0.3) is 0 Å². The monoisotopic (exact) mass is 367 g/mol. The Kier molecular flexibility index (Phi) is 6.31. The van der Waals surface area contributed by atoms with Crippen molar-refractivity contribution in [3.8, 4) is 5.75 Å². The van der Waals surface area contributed by atoms with Crippen molar-refractivity contribution in [2.75, 3.05) is 13.3 Å². The van der Waals surface area contributed by atoms with Crippen LogP contribution in [0.15, 0.2) is 29.5 Å². The predicted octanol–water partition coefficient (Wildman–Crippen LogP) is 1.08. The molecule has 1 aliphatic rings. The summed E-state index contributed by atoms with van der Waals surface area (Å²) in [6.45, 7) is 0.732. The third-order valence-electron chi connectivity index (χ3n) is 3.46. The van der Waals surface area contributed by atoms with Crippen LogP contribution in [0.5, 0.6) is 5.75 Å². The molecule has 26 heavy (non-hydrogen) atoms. The van der Waals surface area contributed by atoms with E-state index in [4.69, 9.17) is 14.6 Å². The molecular weight excluding hydrogens is 350 g/mol. The number of para-hydroxylation sites is 1. The summed E-state index contributed by atoms with van der Waals surface area (Å²) in [7, 11) is 0. The number of carboxylic acid groups (broad SMARTS) is 1. The van der Waals surface area contributed by atoms with Gasteiger partial charge in [-0.05, 0) is 25.0 Å². The van der Waals surface area contributed by atoms with Gasteiger partial charge >= 0.3 is 17.9 Å². The van der Waals surface area contributed by atoms with Gasteiger partial charge in [-0.2, -0.15) is 0 Å². The molecule has 1 saturated heterocycles. The Morgan fingerprint density at radius 2 is 2.12 bits per heavy atom. The number of hydrogen-bond acceptors (Lipinski definition) is 8. The van der Waals surface area contributed by atoms with Crippen LogP contribution in [0.1, 0.15) is 30.1 Å². The maximum Gasteiger partial charge on any atom is 0.344 e. The van der Waals surface area contributed by atoms with Crippen molar-refractivity contribution >= 4 is 17.9 Å². The quantitative estimate of drug-likeness (QED) is 0.142. The van der Waals surface area contributed by atoms with E-state index in [0.717, 1.165) is 5.01 Å². The lowest BCUT2D eigenvalue weighted by molar-refractivity contribution is -0.712. The Morgan fingerprint density at radius 3 is 2.81 bits per heavy atom. The zero-order valence-electron chi connectivity index (χ0n) is 13.9. The number of carboxylic acids is 1. The minimum Gasteiger partial charge on any atom is -0.569 e. The van der Waals surface area contributed by atoms with Crippen LogP contribution in [0.2, 0.25) is 0 Å². The highest BCUT2D eigenvalue weighted by Gasteiger charge is 2.36. The van der Waals surface area contributed by atoms with E-state index in [2.05, 4.69) is 10.1 Å². The third kappa shape index (κ3) is 4.82. The van der Waals surface area contributed by atoms with Gasteiger partial charge in [-0.15, -0.1) is 5.01 Å². The van der Waals surface area contributed by atoms with Gasteiger partial charge in [0.1, 0.15) is 11.3 Å². The second-order valence-electron chi connectivity index (χ2n) is 5.26. The molecule has 1 aliphatic heterocycles. The van der Waals surface area contributed by atoms with E-state index >= 15 is 0 Å². The smallest absolute Gasteiger partial charge is 0.344 e. The molecular formula is C15H17N3O8. The summed E-state index contributed by atoms with van der Waals surface area (Å²) in [5.41, 5.74) is -0.00392. The van der Waals surface area contributed by atoms with Gasteiger partial charge < -0.3 is 24.6 Å². The number of carbonyl (C=O) groups is 3. The zero-order valence-corrected chi connectivity index (χ0v) is 13.9. The molecule has 0 amide bonds. The van der Waals surface area contributed by atoms with Gasteiger partial charge in [0, 0.05) is 6.92 Å². The number of nitrogens with zero attached hydrogens (tertiary/aromatic N) is 3. The molecule has 140 valence electrons. The Morgan fingerprint density at radius 1 is 1.38 bits per heavy atom. The van der Waals surface area contributed by atoms with Gasteiger partial charge in [0.15, 0.2) is 6.04 Å². The van der Waals surface area contributed by atoms with Gasteiger partial charge in [-0.1, -0.05) is 12.1 Å². The van der Waals surface area contributed by atoms with Crippen molar-refractivity contribution in [3.05, 3.63) is 35.0 Å². The zero-order chi connectivity index (χ0) is 19.1. The van der Waals surface area contributed by atoms with E-state index in [1.807, 2.05) is 0 Å². The van der Waals surface area contributed by atoms with Crippen molar-refractivity contribution in [1.82, 2.24) is 5.01 Å². The Balaban J connectivity index is 1.89. The lowest BCUT2D eigenvalue weighted by Gasteiger charge is -2.16. The van der Waals surface area contributed by atoms with E-state index in [0.29, 0.717) is 12.8 Å². The highest BCUT2D eigenvalue weighted by atomic mass is 16.8. The van der Waals surface area contributed by atoms with Crippen LogP contribution >= 0.6 is 0 Å². The molecule has 0 saturated carbocycles. The average molecular weight is 367 g/mol. The Bertz CT molecular complexity index is 721. The van der Waals surface area contributed by atoms with Crippen LogP contribution in [0.3, 0.4) is 0 Å². The molecule has 0 aliphatic carbocycles. The standard InChI is InChI=1S/C15H17N3O8/c1-10(19)26-13-7-3-2-5-11(13)15(22)24-9-25-16-18(23)17-8-4-6-12(17)14(20)21/h2-3,5,7,12H,4,6,8-9H2,1H3,(H,20,21)/b18-16+/t12-/m0/s1. The Labute approximate surface area is 147 Å². The van der Waals surface area contributed by atoms with E-state index in [9.17, 15) is 19.6 Å². The number of esters is 2. The summed E-state index contributed by atoms with van der Waals surface area (Å²) < 4.78 is 9.68. The number of aliphatic carboxylic acids is 1. The van der Waals surface area contributed by atoms with Gasteiger partial charge in [0.2, 0.25) is 5.28 Å². The van der Waals surface area contributed by atoms with Crippen LogP contribution in [-0.2, 0) is 19.2 Å². The van der Waals surface area contributed by atoms with Crippen molar-refractivity contribution < 1.29 is 38.8 Å². The number of benzene rings is 1. The fourth-order valence-electron chi connectivity index (χ4n) is 2.36. The van der Waals surface area contributed by atoms with Crippen molar-refractivity contribution in [2.24, 2.45) is 5.28 Å². The summed E-state index contributed by atoms with van der Waals surface area (Å²) in [6.07, 6.45) is 0.860. The minimum atomic E-state index is -1.13. The molecule has 0 unspecified atom stereocenters. The first kappa shape index (κ1) is 19.0. The summed E-state index contributed by atoms with van der Waals surface area (Å²) in [5, 5.41) is 24.9. The number of hydrazine groups is 1. The first-order chi connectivity index (χ1) is 12.4. The highest BCUT2D eigenvalue weighted by Crippen LogP contribution is 2.19. The SMILES string of the molecule is CC(=O)Oc1ccccc1C(=O)OCO/N=[N+](/[O-])N1CCC[C@H]1C(=O)O. The lowest BCUT2D eigenvalue weighted by atomic mass is 10.2. The van der Waals surface area contributed by atoms with Crippen molar-refractivity contribution in [2.45, 2.75) is 25.8 Å². The van der Waals surface area contributed by atoms with E-state index < -0.39 is 30.7 Å². The molecule has 1 N–H and O–H groups in total. The second-order valence-corrected chi connectivity index (χ2v) is 5.26. The minimum absolute atomic E-state index is 0.00392. The van der Waals surface area contributed by atoms with Gasteiger partial charge in [-0.3, -0.25) is 4.79 Å². The second kappa shape index (κ2) is 8.65. The maximum atomic E-state index is 12.0. The van der Waals surface area contributed by atoms with E-state index in [-0.39, 0.29) is 22.8 Å². The molecule has 1 aromatic rings. The predicted molar refractivity (Wildman–Crippen MR) is 82.5 cm³/mol. The topological polar surface area (TPSA) is 141 Å². The van der Waals surface area contributed by atoms with E-state index in [1.165, 1.54) is 19.1 Å². The fraction of sp³-hybridized carbons (Fsp3) is 0.400. The van der Waals surface area contributed by atoms with Gasteiger partial charge in [-0.25, -0.2) is 9.59 Å². The van der Waals surface area contributed by atoms with Crippen molar-refractivity contribution in [3.63, 3.8) is 0 Å². The van der Waals surface area contributed by atoms with E-state index in [1.54, 1.807) is 12.1 Å². The summed E-state index contributed by atoms with van der Waals surface area (Å²) in [6, 6.07) is 4.96. The third-order valence-corrected chi connectivity index (χ3v) is 3.46. The number of hydrogen-bond donors (Lipinski definition) is 1. The molecule has 0 bridgehead atoms. The normalized spacial score (nSPS) is 16.9. The molecule has 11 nitrogen and oxygen atoms in total. The summed E-state index contributed by atoms with van der Waals surface area (Å²) >= 11 is 0. The number of carbonyl (C=O) groups excluding carboxylic acids is 2. The molecule has 2 rings (SSSR count). The van der Waals surface area contributed by atoms with Crippen LogP contribution in [0.4, 0.5) is 0 Å². The first-order valence-corrected chi connectivity index (χ1v) is 7.64. The molecule has 0 radical (unpaired) electrons. The lowest BCUT2D eigenvalue weighted by Crippen LogP contribution is -2.40. The molecule has 1 atom stereocenters. The van der Waals surface area contributed by atoms with Crippen LogP contribution in [0, 0.1) is 5.21 Å². The summed E-state index contributed by atoms with van der Waals surface area (Å²) in [4.78, 5) is 38.6. The molecule has 0 aromatic heterocycles. The molecule has 1 aromatic carbocycles. The molecule has 11 heteroatoms. The maximum absolute atomic E-state index is 12.0. The molecule has 1 heterocycles. The van der Waals surface area contributed by atoms with Crippen molar-refractivity contribution in [1.29, 1.82) is 0 Å². The largest absolute Gasteiger partial charge is 0.569 e. The number of ether oxygens (including phenoxy) is 2. The van der Waals surface area contributed by atoms with Gasteiger partial charge in [0.25, 0.3) is 6.79 Å². The first-order valence-electron chi connectivity index (χ1n) is 7.64. The van der Waals surface area contributed by atoms with Crippen LogP contribution in [-0.4, -0.2) is 52.4 Å². The average Bonchev–Trinajstić information content (AvgIpc) is 3.08. The Hall–Kier alpha value is -3.37. The summed E-state index contributed by atoms with van der Waals surface area (Å²) in [5.74, 6) is -2.56. The van der Waals surface area contributed by atoms with Crippen LogP contribution < -0.4 is 4.74 Å². The van der Waals surface area contributed by atoms with Gasteiger partial charge in [0.05, 0.1) is 11.5 Å². The number of rotatable bonds is 7. The fourth-order valence-corrected chi connectivity index (χ4v) is 2.36. The molecule has 0 spiro atoms. The highest BCUT2D eigenvalue weighted by molar-refractivity contribution is 5.93. The molecule has 1 fully saturated rings.